The number of nitrogens with one attached hydrogen (secondary N) is 1. The molecule has 29 heavy (non-hydrogen) atoms. The van der Waals surface area contributed by atoms with Crippen LogP contribution in [-0.2, 0) is 34.2 Å². The van der Waals surface area contributed by atoms with Gasteiger partial charge in [0.15, 0.2) is 0 Å². The minimum atomic E-state index is -0.990. The maximum atomic E-state index is 10.1. The Morgan fingerprint density at radius 2 is 2.00 bits per heavy atom. The Morgan fingerprint density at radius 3 is 2.55 bits per heavy atom. The van der Waals surface area contributed by atoms with Crippen molar-refractivity contribution in [3.05, 3.63) is 77.7 Å². The first-order chi connectivity index (χ1) is 13.6. The number of carbonyl (C=O) groups is 1. The zero-order chi connectivity index (χ0) is 20.4. The van der Waals surface area contributed by atoms with Crippen molar-refractivity contribution in [1.29, 1.82) is 0 Å². The Morgan fingerprint density at radius 1 is 1.21 bits per heavy atom. The van der Waals surface area contributed by atoms with Crippen LogP contribution in [0.1, 0.15) is 21.6 Å². The summed E-state index contributed by atoms with van der Waals surface area (Å²) in [6.45, 7) is 0.709. The maximum absolute atomic E-state index is 10.1. The third-order valence-corrected chi connectivity index (χ3v) is 3.75. The van der Waals surface area contributed by atoms with E-state index >= 15 is 0 Å². The smallest absolute Gasteiger partial charge is 0.354 e. The number of ether oxygens (including phenoxy) is 1. The van der Waals surface area contributed by atoms with Gasteiger partial charge in [0.25, 0.3) is 0 Å². The second-order valence-corrected chi connectivity index (χ2v) is 5.70. The zero-order valence-corrected chi connectivity index (χ0v) is 18.3. The van der Waals surface area contributed by atoms with Gasteiger partial charge in [-0.3, -0.25) is 0 Å². The second-order valence-electron chi connectivity index (χ2n) is 5.70. The minimum Gasteiger partial charge on any atom is -0.540 e. The molecule has 0 radical (unpaired) electrons. The van der Waals surface area contributed by atoms with E-state index in [0.717, 1.165) is 28.9 Å². The van der Waals surface area contributed by atoms with E-state index in [2.05, 4.69) is 21.4 Å². The Hall–Kier alpha value is -2.60. The minimum absolute atomic E-state index is 0. The number of aliphatic hydroxyl groups excluding tert-OH is 1. The van der Waals surface area contributed by atoms with Crippen molar-refractivity contribution < 1.29 is 40.8 Å². The molecule has 7 nitrogen and oxygen atoms in total. The first-order valence-corrected chi connectivity index (χ1v) is 8.52. The van der Waals surface area contributed by atoms with Crippen LogP contribution in [0.15, 0.2) is 54.9 Å². The maximum Gasteiger partial charge on any atom is 0.354 e. The molecule has 2 heterocycles. The standard InChI is InChI=1S/C15H17N2O2.C6H5NO2.Pt/c1-16-9-11-5-6-17-15(7-11)14-4-3-13(19-2)8-12(14)10-18;8-6(9)5-3-1-2-4-7-5;/h3,5-8,16,18H,9-10H2,1-2H3;1-4H,(H,8,9);/q-1;;. The van der Waals surface area contributed by atoms with Crippen molar-refractivity contribution in [2.45, 2.75) is 13.2 Å². The first-order valence-electron chi connectivity index (χ1n) is 8.52. The van der Waals surface area contributed by atoms with Gasteiger partial charge in [-0.05, 0) is 36.5 Å². The van der Waals surface area contributed by atoms with Crippen LogP contribution in [0.3, 0.4) is 0 Å². The average Bonchev–Trinajstić information content (AvgIpc) is 2.74. The summed E-state index contributed by atoms with van der Waals surface area (Å²) in [6.07, 6.45) is 3.21. The SMILES string of the molecule is CNCc1ccnc(-c2[c-]cc(OC)cc2CO)c1.O=C(O)c1ccccn1.[Pt]. The molecule has 0 saturated carbocycles. The fraction of sp³-hybridized carbons (Fsp3) is 0.190. The second kappa shape index (κ2) is 12.8. The van der Waals surface area contributed by atoms with Crippen LogP contribution in [0.25, 0.3) is 11.3 Å². The number of carboxylic acid groups (broad SMARTS) is 1. The van der Waals surface area contributed by atoms with Gasteiger partial charge in [0.1, 0.15) is 5.69 Å². The largest absolute Gasteiger partial charge is 0.540 e. The number of hydrogen-bond donors (Lipinski definition) is 3. The van der Waals surface area contributed by atoms with E-state index in [-0.39, 0.29) is 33.4 Å². The molecule has 3 aromatic rings. The number of benzene rings is 1. The van der Waals surface area contributed by atoms with Crippen molar-refractivity contribution in [3.8, 4) is 17.0 Å². The molecule has 0 aliphatic heterocycles. The van der Waals surface area contributed by atoms with Crippen molar-refractivity contribution >= 4 is 5.97 Å². The molecule has 0 fully saturated rings. The van der Waals surface area contributed by atoms with Crippen molar-refractivity contribution in [3.63, 3.8) is 0 Å². The number of aromatic nitrogens is 2. The Bertz CT molecular complexity index is 907. The number of pyridine rings is 2. The van der Waals surface area contributed by atoms with Crippen LogP contribution in [0, 0.1) is 6.07 Å². The first kappa shape index (κ1) is 24.4. The molecule has 0 saturated heterocycles. The van der Waals surface area contributed by atoms with Gasteiger partial charge in [0, 0.05) is 52.4 Å². The van der Waals surface area contributed by atoms with Crippen molar-refractivity contribution in [2.75, 3.05) is 14.2 Å². The number of nitrogens with zero attached hydrogens (tertiary/aromatic N) is 2. The third-order valence-electron chi connectivity index (χ3n) is 3.75. The Balaban J connectivity index is 0.000000355. The molecule has 2 aromatic heterocycles. The van der Waals surface area contributed by atoms with Gasteiger partial charge in [-0.1, -0.05) is 23.8 Å². The molecule has 3 N–H and O–H groups in total. The molecular weight excluding hydrogens is 553 g/mol. The molecule has 0 atom stereocenters. The van der Waals surface area contributed by atoms with Gasteiger partial charge in [-0.2, -0.15) is 0 Å². The number of rotatable bonds is 6. The zero-order valence-electron chi connectivity index (χ0n) is 16.0. The Labute approximate surface area is 184 Å². The van der Waals surface area contributed by atoms with Crippen LogP contribution < -0.4 is 10.1 Å². The molecule has 0 amide bonds. The Kier molecular flexibility index (Phi) is 10.8. The van der Waals surface area contributed by atoms with Crippen LogP contribution >= 0.6 is 0 Å². The molecule has 0 aliphatic rings. The van der Waals surface area contributed by atoms with Crippen LogP contribution in [-0.4, -0.2) is 40.3 Å². The predicted molar refractivity (Wildman–Crippen MR) is 105 cm³/mol. The number of carboxylic acids is 1. The number of aromatic carboxylic acids is 1. The van der Waals surface area contributed by atoms with Crippen molar-refractivity contribution in [2.24, 2.45) is 0 Å². The topological polar surface area (TPSA) is 105 Å². The van der Waals surface area contributed by atoms with Gasteiger partial charge >= 0.3 is 5.97 Å². The fourth-order valence-corrected chi connectivity index (χ4v) is 2.42. The van der Waals surface area contributed by atoms with E-state index in [1.165, 1.54) is 12.3 Å². The summed E-state index contributed by atoms with van der Waals surface area (Å²) >= 11 is 0. The van der Waals surface area contributed by atoms with E-state index in [1.807, 2.05) is 19.2 Å². The summed E-state index contributed by atoms with van der Waals surface area (Å²) in [5.41, 5.74) is 3.59. The van der Waals surface area contributed by atoms with Crippen LogP contribution in [0.5, 0.6) is 5.75 Å². The number of hydrogen-bond acceptors (Lipinski definition) is 6. The molecule has 8 heteroatoms. The number of aliphatic hydroxyl groups is 1. The number of methoxy groups -OCH3 is 1. The molecule has 156 valence electrons. The summed E-state index contributed by atoms with van der Waals surface area (Å²) in [4.78, 5) is 18.1. The predicted octanol–water partition coefficient (Wildman–Crippen LogP) is 2.55. The summed E-state index contributed by atoms with van der Waals surface area (Å²) < 4.78 is 5.14. The summed E-state index contributed by atoms with van der Waals surface area (Å²) in [6, 6.07) is 15.4. The third kappa shape index (κ3) is 7.38. The summed E-state index contributed by atoms with van der Waals surface area (Å²) in [5, 5.41) is 20.9. The van der Waals surface area contributed by atoms with Crippen molar-refractivity contribution in [1.82, 2.24) is 15.3 Å². The van der Waals surface area contributed by atoms with Gasteiger partial charge in [-0.25, -0.2) is 9.78 Å². The quantitative estimate of drug-likeness (QED) is 0.388. The van der Waals surface area contributed by atoms with E-state index < -0.39 is 5.97 Å². The molecule has 0 unspecified atom stereocenters. The van der Waals surface area contributed by atoms with Gasteiger partial charge in [0.2, 0.25) is 0 Å². The monoisotopic (exact) mass is 575 g/mol. The van der Waals surface area contributed by atoms with E-state index in [1.54, 1.807) is 37.6 Å². The normalized spacial score (nSPS) is 9.62. The van der Waals surface area contributed by atoms with E-state index in [9.17, 15) is 9.90 Å². The van der Waals surface area contributed by atoms with E-state index in [0.29, 0.717) is 5.75 Å². The average molecular weight is 576 g/mol. The molecule has 1 aromatic carbocycles. The molecule has 3 rings (SSSR count). The molecular formula is C21H22N3O4Pt-. The molecule has 0 spiro atoms. The van der Waals surface area contributed by atoms with Crippen LogP contribution in [0.4, 0.5) is 0 Å². The van der Waals surface area contributed by atoms with Crippen LogP contribution in [0.2, 0.25) is 0 Å². The summed E-state index contributed by atoms with van der Waals surface area (Å²) in [5.74, 6) is -0.310. The summed E-state index contributed by atoms with van der Waals surface area (Å²) in [7, 11) is 3.49. The van der Waals surface area contributed by atoms with E-state index in [4.69, 9.17) is 9.84 Å². The van der Waals surface area contributed by atoms with Gasteiger partial charge < -0.3 is 25.3 Å². The molecule has 0 bridgehead atoms. The fourth-order valence-electron chi connectivity index (χ4n) is 2.42. The molecule has 0 aliphatic carbocycles. The van der Waals surface area contributed by atoms with Gasteiger partial charge in [0.05, 0.1) is 7.11 Å². The van der Waals surface area contributed by atoms with Gasteiger partial charge in [-0.15, -0.1) is 17.7 Å².